The van der Waals surface area contributed by atoms with Crippen LogP contribution in [0.4, 0.5) is 0 Å². The molecule has 0 aromatic carbocycles. The lowest BCUT2D eigenvalue weighted by Crippen LogP contribution is -2.04. The van der Waals surface area contributed by atoms with Crippen molar-refractivity contribution in [1.82, 2.24) is 18.8 Å². The number of ether oxygens (including phenoxy) is 1. The summed E-state index contributed by atoms with van der Waals surface area (Å²) in [6.45, 7) is 2.14. The van der Waals surface area contributed by atoms with E-state index < -0.39 is 5.97 Å². The first-order chi connectivity index (χ1) is 12.6. The Morgan fingerprint density at radius 1 is 0.962 bits per heavy atom. The van der Waals surface area contributed by atoms with Gasteiger partial charge in [-0.1, -0.05) is 12.1 Å². The number of carboxylic acids is 1. The van der Waals surface area contributed by atoms with E-state index in [1.807, 2.05) is 36.5 Å². The van der Waals surface area contributed by atoms with Crippen LogP contribution in [0.5, 0.6) is 0 Å². The number of imidazole rings is 2. The van der Waals surface area contributed by atoms with Crippen LogP contribution in [0.25, 0.3) is 11.3 Å². The van der Waals surface area contributed by atoms with Crippen molar-refractivity contribution in [2.24, 2.45) is 0 Å². The van der Waals surface area contributed by atoms with Gasteiger partial charge in [-0.15, -0.1) is 0 Å². The quantitative estimate of drug-likeness (QED) is 0.569. The highest BCUT2D eigenvalue weighted by molar-refractivity contribution is 5.88. The van der Waals surface area contributed by atoms with Gasteiger partial charge in [0.15, 0.2) is 11.4 Å². The zero-order valence-corrected chi connectivity index (χ0v) is 13.9. The number of aromatic carboxylic acids is 1. The lowest BCUT2D eigenvalue weighted by atomic mass is 10.5. The second-order valence-electron chi connectivity index (χ2n) is 5.21. The fraction of sp³-hybridized carbons (Fsp3) is 0.111. The summed E-state index contributed by atoms with van der Waals surface area (Å²) < 4.78 is 8.30. The molecule has 4 rings (SSSR count). The number of hydrogen-bond donors (Lipinski definition) is 1. The molecule has 0 spiro atoms. The number of carbonyl (C=O) groups excluding carboxylic acids is 1. The molecule has 0 fully saturated rings. The fourth-order valence-electron chi connectivity index (χ4n) is 2.28. The van der Waals surface area contributed by atoms with E-state index in [1.54, 1.807) is 34.2 Å². The summed E-state index contributed by atoms with van der Waals surface area (Å²) in [6.07, 6.45) is 6.74. The second kappa shape index (κ2) is 7.47. The van der Waals surface area contributed by atoms with Crippen molar-refractivity contribution >= 4 is 23.2 Å². The molecule has 26 heavy (non-hydrogen) atoms. The van der Waals surface area contributed by atoms with E-state index in [0.29, 0.717) is 17.9 Å². The summed E-state index contributed by atoms with van der Waals surface area (Å²) >= 11 is 0. The maximum absolute atomic E-state index is 11.3. The number of esters is 1. The predicted molar refractivity (Wildman–Crippen MR) is 93.3 cm³/mol. The summed E-state index contributed by atoms with van der Waals surface area (Å²) in [5.41, 5.74) is 1.81. The van der Waals surface area contributed by atoms with Crippen LogP contribution in [-0.4, -0.2) is 42.4 Å². The maximum atomic E-state index is 11.3. The van der Waals surface area contributed by atoms with E-state index in [9.17, 15) is 9.59 Å². The predicted octanol–water partition coefficient (Wildman–Crippen LogP) is 2.54. The molecular formula is C18H16N4O4. The molecule has 0 bridgehead atoms. The molecular weight excluding hydrogens is 336 g/mol. The van der Waals surface area contributed by atoms with Gasteiger partial charge in [-0.2, -0.15) is 0 Å². The smallest absolute Gasteiger partial charge is 0.358 e. The van der Waals surface area contributed by atoms with Crippen molar-refractivity contribution in [2.75, 3.05) is 6.61 Å². The summed E-state index contributed by atoms with van der Waals surface area (Å²) in [7, 11) is 0. The highest BCUT2D eigenvalue weighted by Gasteiger charge is 2.10. The summed E-state index contributed by atoms with van der Waals surface area (Å²) in [6, 6.07) is 11.0. The number of rotatable bonds is 3. The molecule has 0 aliphatic rings. The standard InChI is InChI=1S/C10H10N2O2.C8H6N2O2/c1-2-14-10(13)8-7-12-6-4-3-5-9(12)11-8;11-8(12)6-5-10-4-2-1-3-7(10)9-6/h3-7H,2H2,1H3;1-5H,(H,11,12). The monoisotopic (exact) mass is 352 g/mol. The third-order valence-corrected chi connectivity index (χ3v) is 3.43. The number of fused-ring (bicyclic) bond motifs is 2. The molecule has 0 saturated heterocycles. The van der Waals surface area contributed by atoms with Crippen molar-refractivity contribution in [1.29, 1.82) is 0 Å². The van der Waals surface area contributed by atoms with Gasteiger partial charge in [0.05, 0.1) is 6.61 Å². The number of carboxylic acid groups (broad SMARTS) is 1. The topological polar surface area (TPSA) is 98.2 Å². The van der Waals surface area contributed by atoms with Gasteiger partial charge in [0, 0.05) is 24.8 Å². The van der Waals surface area contributed by atoms with Gasteiger partial charge in [0.1, 0.15) is 11.3 Å². The second-order valence-corrected chi connectivity index (χ2v) is 5.21. The Morgan fingerprint density at radius 3 is 2.00 bits per heavy atom. The molecule has 8 nitrogen and oxygen atoms in total. The van der Waals surface area contributed by atoms with Crippen LogP contribution in [0.3, 0.4) is 0 Å². The maximum Gasteiger partial charge on any atom is 0.358 e. The number of carbonyl (C=O) groups is 2. The van der Waals surface area contributed by atoms with E-state index in [-0.39, 0.29) is 11.7 Å². The van der Waals surface area contributed by atoms with Gasteiger partial charge in [0.2, 0.25) is 0 Å². The van der Waals surface area contributed by atoms with E-state index >= 15 is 0 Å². The van der Waals surface area contributed by atoms with Crippen LogP contribution < -0.4 is 0 Å². The zero-order chi connectivity index (χ0) is 18.5. The van der Waals surface area contributed by atoms with Gasteiger partial charge in [-0.05, 0) is 31.2 Å². The Morgan fingerprint density at radius 2 is 1.50 bits per heavy atom. The first-order valence-electron chi connectivity index (χ1n) is 7.86. The Balaban J connectivity index is 0.000000152. The molecule has 4 heterocycles. The van der Waals surface area contributed by atoms with Crippen LogP contribution in [0.15, 0.2) is 61.2 Å². The van der Waals surface area contributed by atoms with Crippen LogP contribution >= 0.6 is 0 Å². The first kappa shape index (κ1) is 17.2. The minimum Gasteiger partial charge on any atom is -0.476 e. The number of pyridine rings is 2. The highest BCUT2D eigenvalue weighted by Crippen LogP contribution is 2.05. The van der Waals surface area contributed by atoms with Crippen molar-refractivity contribution in [3.63, 3.8) is 0 Å². The largest absolute Gasteiger partial charge is 0.476 e. The third-order valence-electron chi connectivity index (χ3n) is 3.43. The minimum atomic E-state index is -1.00. The van der Waals surface area contributed by atoms with Crippen molar-refractivity contribution in [3.05, 3.63) is 72.6 Å². The Hall–Kier alpha value is -3.68. The van der Waals surface area contributed by atoms with E-state index in [2.05, 4.69) is 9.97 Å². The fourth-order valence-corrected chi connectivity index (χ4v) is 2.28. The summed E-state index contributed by atoms with van der Waals surface area (Å²) in [4.78, 5) is 29.8. The van der Waals surface area contributed by atoms with Crippen molar-refractivity contribution in [3.8, 4) is 0 Å². The molecule has 0 aliphatic heterocycles. The number of aromatic nitrogens is 4. The van der Waals surface area contributed by atoms with E-state index in [4.69, 9.17) is 9.84 Å². The number of nitrogens with zero attached hydrogens (tertiary/aromatic N) is 4. The molecule has 0 aliphatic carbocycles. The summed E-state index contributed by atoms with van der Waals surface area (Å²) in [5.74, 6) is -1.38. The molecule has 4 aromatic heterocycles. The number of hydrogen-bond acceptors (Lipinski definition) is 5. The van der Waals surface area contributed by atoms with Crippen LogP contribution in [0.1, 0.15) is 27.9 Å². The molecule has 4 aromatic rings. The molecule has 0 unspecified atom stereocenters. The Bertz CT molecular complexity index is 1000. The molecule has 0 atom stereocenters. The lowest BCUT2D eigenvalue weighted by Gasteiger charge is -1.95. The highest BCUT2D eigenvalue weighted by atomic mass is 16.5. The van der Waals surface area contributed by atoms with Crippen LogP contribution in [0, 0.1) is 0 Å². The van der Waals surface area contributed by atoms with Crippen LogP contribution in [0.2, 0.25) is 0 Å². The van der Waals surface area contributed by atoms with Gasteiger partial charge in [-0.25, -0.2) is 19.6 Å². The van der Waals surface area contributed by atoms with Crippen molar-refractivity contribution < 1.29 is 19.4 Å². The van der Waals surface area contributed by atoms with E-state index in [0.717, 1.165) is 5.65 Å². The molecule has 0 saturated carbocycles. The zero-order valence-electron chi connectivity index (χ0n) is 13.9. The third kappa shape index (κ3) is 3.69. The molecule has 0 radical (unpaired) electrons. The van der Waals surface area contributed by atoms with Gasteiger partial charge >= 0.3 is 11.9 Å². The molecule has 8 heteroatoms. The lowest BCUT2D eigenvalue weighted by molar-refractivity contribution is 0.0519. The summed E-state index contributed by atoms with van der Waals surface area (Å²) in [5, 5.41) is 8.61. The molecule has 0 amide bonds. The normalized spacial score (nSPS) is 10.3. The van der Waals surface area contributed by atoms with Gasteiger partial charge in [-0.3, -0.25) is 0 Å². The Labute approximate surface area is 148 Å². The Kier molecular flexibility index (Phi) is 4.93. The van der Waals surface area contributed by atoms with Gasteiger partial charge in [0.25, 0.3) is 0 Å². The molecule has 132 valence electrons. The average molecular weight is 352 g/mol. The van der Waals surface area contributed by atoms with Crippen LogP contribution in [-0.2, 0) is 4.74 Å². The van der Waals surface area contributed by atoms with Gasteiger partial charge < -0.3 is 18.6 Å². The minimum absolute atomic E-state index is 0.0706. The first-order valence-corrected chi connectivity index (χ1v) is 7.86. The molecule has 1 N–H and O–H groups in total. The SMILES string of the molecule is CCOC(=O)c1cn2ccccc2n1.O=C(O)c1cn2ccccc2n1. The van der Waals surface area contributed by atoms with E-state index in [1.165, 1.54) is 6.20 Å². The average Bonchev–Trinajstić information content (AvgIpc) is 3.26. The van der Waals surface area contributed by atoms with Crippen molar-refractivity contribution in [2.45, 2.75) is 6.92 Å².